The van der Waals surface area contributed by atoms with Gasteiger partial charge in [0.05, 0.1) is 22.6 Å². The van der Waals surface area contributed by atoms with E-state index in [0.29, 0.717) is 25.4 Å². The molecule has 1 N–H and O–H groups in total. The minimum atomic E-state index is -3.90. The number of carbonyl (C=O) groups is 1. The molecule has 3 rings (SSSR count). The van der Waals surface area contributed by atoms with Crippen LogP contribution in [0.25, 0.3) is 0 Å². The number of hydrogen-bond acceptors (Lipinski definition) is 4. The Bertz CT molecular complexity index is 978. The number of sulfonamides is 1. The first-order valence-corrected chi connectivity index (χ1v) is 11.0. The summed E-state index contributed by atoms with van der Waals surface area (Å²) in [7, 11) is -3.90. The van der Waals surface area contributed by atoms with Crippen LogP contribution in [0.15, 0.2) is 47.4 Å². The monoisotopic (exact) mass is 422 g/mol. The fraction of sp³-hybridized carbons (Fsp3) is 0.350. The van der Waals surface area contributed by atoms with Gasteiger partial charge < -0.3 is 9.64 Å². The number of benzene rings is 2. The van der Waals surface area contributed by atoms with E-state index in [-0.39, 0.29) is 15.8 Å². The number of halogens is 1. The first kappa shape index (κ1) is 20.6. The van der Waals surface area contributed by atoms with Crippen LogP contribution < -0.4 is 9.46 Å². The molecule has 1 heterocycles. The second-order valence-corrected chi connectivity index (χ2v) is 8.77. The standard InChI is InChI=1S/C20H23ClN2O4S/c1-3-27-19-9-8-17(12-18(19)21)28(25,26)22-14(2)20(24)23-11-10-15-6-4-5-7-16(15)13-23/h4-9,12,14,22H,3,10-11,13H2,1-2H3. The van der Waals surface area contributed by atoms with Gasteiger partial charge in [-0.05, 0) is 49.6 Å². The fourth-order valence-corrected chi connectivity index (χ4v) is 4.75. The van der Waals surface area contributed by atoms with Gasteiger partial charge in [-0.3, -0.25) is 4.79 Å². The zero-order chi connectivity index (χ0) is 20.3. The lowest BCUT2D eigenvalue weighted by molar-refractivity contribution is -0.133. The highest BCUT2D eigenvalue weighted by atomic mass is 35.5. The molecule has 0 spiro atoms. The summed E-state index contributed by atoms with van der Waals surface area (Å²) in [6.45, 7) is 4.84. The number of rotatable bonds is 6. The van der Waals surface area contributed by atoms with Crippen molar-refractivity contribution in [1.82, 2.24) is 9.62 Å². The van der Waals surface area contributed by atoms with Gasteiger partial charge in [-0.15, -0.1) is 0 Å². The maximum absolute atomic E-state index is 12.8. The van der Waals surface area contributed by atoms with Gasteiger partial charge in [-0.2, -0.15) is 4.72 Å². The first-order chi connectivity index (χ1) is 13.3. The molecule has 1 aliphatic rings. The van der Waals surface area contributed by atoms with E-state index < -0.39 is 16.1 Å². The summed E-state index contributed by atoms with van der Waals surface area (Å²) in [5, 5.41) is 0.205. The van der Waals surface area contributed by atoms with Gasteiger partial charge in [0.1, 0.15) is 5.75 Å². The number of nitrogens with one attached hydrogen (secondary N) is 1. The van der Waals surface area contributed by atoms with Crippen LogP contribution in [-0.4, -0.2) is 38.4 Å². The Hall–Kier alpha value is -2.09. The Labute approximate surface area is 170 Å². The number of hydrogen-bond donors (Lipinski definition) is 1. The zero-order valence-electron chi connectivity index (χ0n) is 15.8. The summed E-state index contributed by atoms with van der Waals surface area (Å²) in [6, 6.07) is 11.3. The van der Waals surface area contributed by atoms with Crippen LogP contribution in [0.3, 0.4) is 0 Å². The lowest BCUT2D eigenvalue weighted by Crippen LogP contribution is -2.48. The molecular weight excluding hydrogens is 400 g/mol. The Kier molecular flexibility index (Phi) is 6.27. The molecule has 0 fully saturated rings. The summed E-state index contributed by atoms with van der Waals surface area (Å²) in [5.41, 5.74) is 2.32. The highest BCUT2D eigenvalue weighted by molar-refractivity contribution is 7.89. The molecular formula is C20H23ClN2O4S. The van der Waals surface area contributed by atoms with E-state index in [4.69, 9.17) is 16.3 Å². The molecule has 1 aliphatic heterocycles. The van der Waals surface area contributed by atoms with Crippen LogP contribution in [0.2, 0.25) is 5.02 Å². The van der Waals surface area contributed by atoms with Gasteiger partial charge in [-0.25, -0.2) is 8.42 Å². The molecule has 0 bridgehead atoms. The average molecular weight is 423 g/mol. The first-order valence-electron chi connectivity index (χ1n) is 9.12. The van der Waals surface area contributed by atoms with Crippen LogP contribution in [0.4, 0.5) is 0 Å². The molecule has 0 radical (unpaired) electrons. The van der Waals surface area contributed by atoms with Gasteiger partial charge in [0.25, 0.3) is 0 Å². The molecule has 1 atom stereocenters. The van der Waals surface area contributed by atoms with E-state index in [1.54, 1.807) is 11.8 Å². The minimum absolute atomic E-state index is 0.00964. The molecule has 6 nitrogen and oxygen atoms in total. The van der Waals surface area contributed by atoms with Gasteiger partial charge in [0.15, 0.2) is 0 Å². The van der Waals surface area contributed by atoms with Crippen LogP contribution in [-0.2, 0) is 27.8 Å². The summed E-state index contributed by atoms with van der Waals surface area (Å²) in [5.74, 6) is 0.161. The number of nitrogens with zero attached hydrogens (tertiary/aromatic N) is 1. The largest absolute Gasteiger partial charge is 0.492 e. The molecule has 0 saturated heterocycles. The fourth-order valence-electron chi connectivity index (χ4n) is 3.23. The third-order valence-electron chi connectivity index (χ3n) is 4.66. The molecule has 150 valence electrons. The average Bonchev–Trinajstić information content (AvgIpc) is 2.68. The van der Waals surface area contributed by atoms with Crippen LogP contribution in [0.1, 0.15) is 25.0 Å². The van der Waals surface area contributed by atoms with Gasteiger partial charge in [0.2, 0.25) is 15.9 Å². The molecule has 1 amide bonds. The van der Waals surface area contributed by atoms with Crippen molar-refractivity contribution in [3.05, 3.63) is 58.6 Å². The van der Waals surface area contributed by atoms with E-state index in [1.165, 1.54) is 23.8 Å². The highest BCUT2D eigenvalue weighted by Gasteiger charge is 2.28. The Balaban J connectivity index is 1.70. The lowest BCUT2D eigenvalue weighted by Gasteiger charge is -2.31. The Morgan fingerprint density at radius 3 is 2.64 bits per heavy atom. The van der Waals surface area contributed by atoms with Crippen molar-refractivity contribution in [2.24, 2.45) is 0 Å². The Morgan fingerprint density at radius 2 is 1.96 bits per heavy atom. The van der Waals surface area contributed by atoms with Crippen LogP contribution >= 0.6 is 11.6 Å². The summed E-state index contributed by atoms with van der Waals surface area (Å²) in [6.07, 6.45) is 0.760. The quantitative estimate of drug-likeness (QED) is 0.776. The van der Waals surface area contributed by atoms with Crippen molar-refractivity contribution >= 4 is 27.5 Å². The summed E-state index contributed by atoms with van der Waals surface area (Å²) >= 11 is 6.09. The predicted octanol–water partition coefficient (Wildman–Crippen LogP) is 2.99. The van der Waals surface area contributed by atoms with Crippen molar-refractivity contribution in [1.29, 1.82) is 0 Å². The smallest absolute Gasteiger partial charge is 0.241 e. The number of amides is 1. The molecule has 28 heavy (non-hydrogen) atoms. The van der Waals surface area contributed by atoms with Crippen molar-refractivity contribution < 1.29 is 17.9 Å². The molecule has 2 aromatic carbocycles. The van der Waals surface area contributed by atoms with Crippen molar-refractivity contribution in [3.8, 4) is 5.75 Å². The maximum atomic E-state index is 12.8. The Morgan fingerprint density at radius 1 is 1.25 bits per heavy atom. The normalized spacial score (nSPS) is 15.0. The number of ether oxygens (including phenoxy) is 1. The zero-order valence-corrected chi connectivity index (χ0v) is 17.4. The molecule has 8 heteroatoms. The summed E-state index contributed by atoms with van der Waals surface area (Å²) in [4.78, 5) is 14.4. The van der Waals surface area contributed by atoms with Gasteiger partial charge in [0, 0.05) is 13.1 Å². The second kappa shape index (κ2) is 8.51. The van der Waals surface area contributed by atoms with E-state index >= 15 is 0 Å². The number of carbonyl (C=O) groups excluding carboxylic acids is 1. The SMILES string of the molecule is CCOc1ccc(S(=O)(=O)NC(C)C(=O)N2CCc3ccccc3C2)cc1Cl. The molecule has 0 aromatic heterocycles. The second-order valence-electron chi connectivity index (χ2n) is 6.65. The minimum Gasteiger partial charge on any atom is -0.492 e. The van der Waals surface area contributed by atoms with Crippen molar-refractivity contribution in [2.45, 2.75) is 37.8 Å². The summed E-state index contributed by atoms with van der Waals surface area (Å²) < 4.78 is 33.1. The number of fused-ring (bicyclic) bond motifs is 1. The molecule has 0 saturated carbocycles. The maximum Gasteiger partial charge on any atom is 0.241 e. The highest BCUT2D eigenvalue weighted by Crippen LogP contribution is 2.27. The van der Waals surface area contributed by atoms with E-state index in [2.05, 4.69) is 10.8 Å². The third-order valence-corrected chi connectivity index (χ3v) is 6.49. The van der Waals surface area contributed by atoms with E-state index in [0.717, 1.165) is 12.0 Å². The van der Waals surface area contributed by atoms with Crippen LogP contribution in [0.5, 0.6) is 5.75 Å². The van der Waals surface area contributed by atoms with E-state index in [9.17, 15) is 13.2 Å². The predicted molar refractivity (Wildman–Crippen MR) is 108 cm³/mol. The topological polar surface area (TPSA) is 75.7 Å². The van der Waals surface area contributed by atoms with Crippen LogP contribution in [0, 0.1) is 0 Å². The third kappa shape index (κ3) is 4.48. The molecule has 2 aromatic rings. The van der Waals surface area contributed by atoms with Gasteiger partial charge in [-0.1, -0.05) is 35.9 Å². The van der Waals surface area contributed by atoms with E-state index in [1.807, 2.05) is 25.1 Å². The molecule has 1 unspecified atom stereocenters. The van der Waals surface area contributed by atoms with Gasteiger partial charge >= 0.3 is 0 Å². The van der Waals surface area contributed by atoms with Crippen molar-refractivity contribution in [2.75, 3.05) is 13.2 Å². The molecule has 0 aliphatic carbocycles. The lowest BCUT2D eigenvalue weighted by atomic mass is 9.99. The van der Waals surface area contributed by atoms with Crippen molar-refractivity contribution in [3.63, 3.8) is 0 Å².